The maximum atomic E-state index is 12.7. The van der Waals surface area contributed by atoms with Gasteiger partial charge in [-0.2, -0.15) is 10.4 Å². The first kappa shape index (κ1) is 21.3. The van der Waals surface area contributed by atoms with Crippen LogP contribution in [0.4, 0.5) is 5.69 Å². The van der Waals surface area contributed by atoms with Crippen LogP contribution in [0, 0.1) is 11.3 Å². The number of sulfonamides is 1. The molecule has 4 rings (SSSR count). The van der Waals surface area contributed by atoms with E-state index in [2.05, 4.69) is 19.8 Å². The molecule has 160 valence electrons. The molecule has 32 heavy (non-hydrogen) atoms. The van der Waals surface area contributed by atoms with Crippen LogP contribution in [-0.4, -0.2) is 28.2 Å². The van der Waals surface area contributed by atoms with Crippen LogP contribution in [0.1, 0.15) is 5.56 Å². The lowest BCUT2D eigenvalue weighted by Crippen LogP contribution is -2.13. The molecule has 0 spiro atoms. The van der Waals surface area contributed by atoms with Crippen molar-refractivity contribution in [1.82, 2.24) is 19.7 Å². The Bertz CT molecular complexity index is 1430. The second kappa shape index (κ2) is 8.66. The van der Waals surface area contributed by atoms with Gasteiger partial charge in [0.1, 0.15) is 23.9 Å². The monoisotopic (exact) mass is 466 g/mol. The van der Waals surface area contributed by atoms with E-state index in [4.69, 9.17) is 16.3 Å². The van der Waals surface area contributed by atoms with Crippen LogP contribution in [0.5, 0.6) is 11.5 Å². The van der Waals surface area contributed by atoms with Crippen LogP contribution >= 0.6 is 11.6 Å². The second-order valence-corrected chi connectivity index (χ2v) is 8.70. The molecule has 0 unspecified atom stereocenters. The van der Waals surface area contributed by atoms with Crippen molar-refractivity contribution in [2.45, 2.75) is 4.90 Å². The zero-order valence-corrected chi connectivity index (χ0v) is 18.2. The molecule has 2 aromatic carbocycles. The van der Waals surface area contributed by atoms with E-state index < -0.39 is 10.0 Å². The molecule has 0 amide bonds. The number of hydrogen-bond acceptors (Lipinski definition) is 7. The molecule has 4 aromatic rings. The predicted molar refractivity (Wildman–Crippen MR) is 118 cm³/mol. The average Bonchev–Trinajstić information content (AvgIpc) is 3.21. The van der Waals surface area contributed by atoms with Crippen molar-refractivity contribution in [2.75, 3.05) is 4.72 Å². The summed E-state index contributed by atoms with van der Waals surface area (Å²) in [6, 6.07) is 12.9. The number of halogens is 1. The molecule has 0 atom stereocenters. The molecule has 0 aliphatic heterocycles. The number of aryl methyl sites for hydroxylation is 1. The summed E-state index contributed by atoms with van der Waals surface area (Å²) in [4.78, 5) is 7.44. The summed E-state index contributed by atoms with van der Waals surface area (Å²) in [5.74, 6) is 0.630. The molecule has 0 radical (unpaired) electrons. The molecule has 0 saturated carbocycles. The summed E-state index contributed by atoms with van der Waals surface area (Å²) in [6.45, 7) is 0. The fourth-order valence-corrected chi connectivity index (χ4v) is 4.19. The number of rotatable bonds is 6. The summed E-state index contributed by atoms with van der Waals surface area (Å²) < 4.78 is 35.4. The number of ether oxygens (including phenoxy) is 1. The number of nitrogens with zero attached hydrogens (tertiary/aromatic N) is 5. The van der Waals surface area contributed by atoms with E-state index in [9.17, 15) is 13.7 Å². The van der Waals surface area contributed by atoms with E-state index in [1.54, 1.807) is 42.2 Å². The van der Waals surface area contributed by atoms with E-state index >= 15 is 0 Å². The van der Waals surface area contributed by atoms with E-state index in [1.807, 2.05) is 6.07 Å². The number of nitriles is 1. The Morgan fingerprint density at radius 3 is 2.53 bits per heavy atom. The Morgan fingerprint density at radius 2 is 1.84 bits per heavy atom. The van der Waals surface area contributed by atoms with Gasteiger partial charge in [0, 0.05) is 23.8 Å². The number of benzene rings is 2. The summed E-state index contributed by atoms with van der Waals surface area (Å²) in [6.07, 6.45) is 5.58. The fourth-order valence-electron chi connectivity index (χ4n) is 2.97. The van der Waals surface area contributed by atoms with E-state index in [-0.39, 0.29) is 21.9 Å². The summed E-state index contributed by atoms with van der Waals surface area (Å²) in [5, 5.41) is 14.3. The molecule has 2 heterocycles. The molecule has 0 bridgehead atoms. The van der Waals surface area contributed by atoms with Gasteiger partial charge in [0.25, 0.3) is 10.0 Å². The van der Waals surface area contributed by atoms with Gasteiger partial charge in [-0.1, -0.05) is 11.6 Å². The maximum absolute atomic E-state index is 12.7. The van der Waals surface area contributed by atoms with Gasteiger partial charge in [-0.15, -0.1) is 0 Å². The first-order valence-corrected chi connectivity index (χ1v) is 11.0. The molecule has 1 N–H and O–H groups in total. The highest BCUT2D eigenvalue weighted by Crippen LogP contribution is 2.36. The topological polar surface area (TPSA) is 123 Å². The zero-order chi connectivity index (χ0) is 22.7. The third-order valence-corrected chi connectivity index (χ3v) is 6.07. The minimum absolute atomic E-state index is 0.0445. The van der Waals surface area contributed by atoms with E-state index in [0.29, 0.717) is 16.3 Å². The van der Waals surface area contributed by atoms with Gasteiger partial charge in [0.15, 0.2) is 0 Å². The lowest BCUT2D eigenvalue weighted by Gasteiger charge is -2.14. The Morgan fingerprint density at radius 1 is 1.09 bits per heavy atom. The molecule has 0 saturated heterocycles. The molecular weight excluding hydrogens is 452 g/mol. The van der Waals surface area contributed by atoms with Crippen molar-refractivity contribution in [1.29, 1.82) is 5.26 Å². The van der Waals surface area contributed by atoms with Crippen molar-refractivity contribution in [3.05, 3.63) is 78.0 Å². The predicted octanol–water partition coefficient (Wildman–Crippen LogP) is 4.00. The molecule has 9 nitrogen and oxygen atoms in total. The lowest BCUT2D eigenvalue weighted by molar-refractivity contribution is 0.481. The van der Waals surface area contributed by atoms with Gasteiger partial charge < -0.3 is 4.74 Å². The molecular formula is C21H15ClN6O3S. The van der Waals surface area contributed by atoms with Crippen LogP contribution in [0.2, 0.25) is 5.02 Å². The zero-order valence-electron chi connectivity index (χ0n) is 16.6. The lowest BCUT2D eigenvalue weighted by atomic mass is 10.1. The Hall–Kier alpha value is -3.94. The molecule has 11 heteroatoms. The second-order valence-electron chi connectivity index (χ2n) is 6.59. The quantitative estimate of drug-likeness (QED) is 0.455. The highest BCUT2D eigenvalue weighted by Gasteiger charge is 2.19. The SMILES string of the molecule is Cn1nccc1-c1cc(Cl)ccc1Oc1ccc(S(=O)(=O)Nc2cncnc2)cc1C#N. The Balaban J connectivity index is 1.69. The minimum Gasteiger partial charge on any atom is -0.455 e. The standard InChI is InChI=1S/C21H15ClN6O3S/c1-28-19(6-7-26-28)18-9-15(22)2-4-21(18)31-20-5-3-17(8-14(20)10-23)32(29,30)27-16-11-24-13-25-12-16/h2-9,11-13,27H,1H3. The first-order chi connectivity index (χ1) is 15.4. The number of nitrogens with one attached hydrogen (secondary N) is 1. The van der Waals surface area contributed by atoms with Gasteiger partial charge in [0.05, 0.1) is 34.2 Å². The molecule has 0 aliphatic rings. The molecule has 0 aliphatic carbocycles. The smallest absolute Gasteiger partial charge is 0.262 e. The number of hydrogen-bond donors (Lipinski definition) is 1. The van der Waals surface area contributed by atoms with Crippen molar-refractivity contribution >= 4 is 27.3 Å². The first-order valence-electron chi connectivity index (χ1n) is 9.15. The fraction of sp³-hybridized carbons (Fsp3) is 0.0476. The Kier molecular flexibility index (Phi) is 5.77. The van der Waals surface area contributed by atoms with E-state index in [1.165, 1.54) is 36.9 Å². The van der Waals surface area contributed by atoms with Crippen molar-refractivity contribution in [3.8, 4) is 28.8 Å². The van der Waals surface area contributed by atoms with Crippen molar-refractivity contribution < 1.29 is 13.2 Å². The number of aromatic nitrogens is 4. The van der Waals surface area contributed by atoms with Gasteiger partial charge in [-0.25, -0.2) is 18.4 Å². The van der Waals surface area contributed by atoms with Crippen LogP contribution < -0.4 is 9.46 Å². The van der Waals surface area contributed by atoms with Gasteiger partial charge in [0.2, 0.25) is 0 Å². The largest absolute Gasteiger partial charge is 0.455 e. The third-order valence-electron chi connectivity index (χ3n) is 4.45. The van der Waals surface area contributed by atoms with Gasteiger partial charge >= 0.3 is 0 Å². The summed E-state index contributed by atoms with van der Waals surface area (Å²) >= 11 is 6.16. The van der Waals surface area contributed by atoms with Crippen molar-refractivity contribution in [2.24, 2.45) is 7.05 Å². The van der Waals surface area contributed by atoms with Crippen molar-refractivity contribution in [3.63, 3.8) is 0 Å². The van der Waals surface area contributed by atoms with Gasteiger partial charge in [-0.3, -0.25) is 9.40 Å². The van der Waals surface area contributed by atoms with Crippen LogP contribution in [0.3, 0.4) is 0 Å². The van der Waals surface area contributed by atoms with Crippen LogP contribution in [0.15, 0.2) is 72.3 Å². The van der Waals surface area contributed by atoms with Gasteiger partial charge in [-0.05, 0) is 42.5 Å². The van der Waals surface area contributed by atoms with E-state index in [0.717, 1.165) is 5.69 Å². The summed E-state index contributed by atoms with van der Waals surface area (Å²) in [7, 11) is -2.17. The summed E-state index contributed by atoms with van der Waals surface area (Å²) in [5.41, 5.74) is 1.68. The normalized spacial score (nSPS) is 11.0. The molecule has 2 aromatic heterocycles. The molecule has 0 fully saturated rings. The average molecular weight is 467 g/mol. The highest BCUT2D eigenvalue weighted by molar-refractivity contribution is 7.92. The highest BCUT2D eigenvalue weighted by atomic mass is 35.5. The Labute approximate surface area is 188 Å². The third kappa shape index (κ3) is 4.39. The van der Waals surface area contributed by atoms with Crippen LogP contribution in [-0.2, 0) is 17.1 Å². The maximum Gasteiger partial charge on any atom is 0.262 e. The minimum atomic E-state index is -3.96. The number of anilines is 1. The van der Waals surface area contributed by atoms with Crippen LogP contribution in [0.25, 0.3) is 11.3 Å².